The van der Waals surface area contributed by atoms with E-state index < -0.39 is 0 Å². The van der Waals surface area contributed by atoms with E-state index in [-0.39, 0.29) is 11.7 Å². The quantitative estimate of drug-likeness (QED) is 0.672. The summed E-state index contributed by atoms with van der Waals surface area (Å²) in [4.78, 5) is 30.9. The molecular weight excluding hydrogens is 350 g/mol. The molecule has 0 spiro atoms. The molecule has 5 nitrogen and oxygen atoms in total. The van der Waals surface area contributed by atoms with Gasteiger partial charge in [-0.25, -0.2) is 4.98 Å². The monoisotopic (exact) mass is 373 g/mol. The number of hydrogen-bond acceptors (Lipinski definition) is 4. The number of rotatable bonds is 4. The lowest BCUT2D eigenvalue weighted by Crippen LogP contribution is -2.28. The Morgan fingerprint density at radius 2 is 1.71 bits per heavy atom. The summed E-state index contributed by atoms with van der Waals surface area (Å²) in [6.07, 6.45) is 2.10. The fourth-order valence-electron chi connectivity index (χ4n) is 3.58. The minimum absolute atomic E-state index is 0.0186. The molecule has 2 heterocycles. The Labute approximate surface area is 164 Å². The topological polar surface area (TPSA) is 62.3 Å². The first kappa shape index (κ1) is 18.2. The zero-order valence-electron chi connectivity index (χ0n) is 16.2. The van der Waals surface area contributed by atoms with Crippen molar-refractivity contribution in [3.63, 3.8) is 0 Å². The lowest BCUT2D eigenvalue weighted by Gasteiger charge is -2.17. The highest BCUT2D eigenvalue weighted by Crippen LogP contribution is 2.28. The van der Waals surface area contributed by atoms with Crippen LogP contribution in [-0.2, 0) is 0 Å². The van der Waals surface area contributed by atoms with Crippen LogP contribution in [0.2, 0.25) is 0 Å². The molecule has 142 valence electrons. The number of carbonyl (C=O) groups excluding carboxylic acids is 2. The first-order valence-corrected chi connectivity index (χ1v) is 9.60. The third kappa shape index (κ3) is 3.60. The van der Waals surface area contributed by atoms with Crippen LogP contribution in [0.1, 0.15) is 46.2 Å². The van der Waals surface area contributed by atoms with Crippen LogP contribution in [0.5, 0.6) is 0 Å². The molecular formula is C23H23N3O2. The van der Waals surface area contributed by atoms with Crippen molar-refractivity contribution in [1.82, 2.24) is 9.88 Å². The highest BCUT2D eigenvalue weighted by molar-refractivity contribution is 6.01. The summed E-state index contributed by atoms with van der Waals surface area (Å²) in [5.41, 5.74) is 4.75. The van der Waals surface area contributed by atoms with Crippen molar-refractivity contribution in [2.24, 2.45) is 0 Å². The van der Waals surface area contributed by atoms with Crippen LogP contribution in [0.3, 0.4) is 0 Å². The van der Waals surface area contributed by atoms with Crippen LogP contribution in [0.4, 0.5) is 11.4 Å². The Morgan fingerprint density at radius 1 is 1.00 bits per heavy atom. The van der Waals surface area contributed by atoms with Crippen LogP contribution in [-0.4, -0.2) is 34.7 Å². The fourth-order valence-corrected chi connectivity index (χ4v) is 3.58. The highest BCUT2D eigenvalue weighted by atomic mass is 16.2. The molecule has 0 bridgehead atoms. The van der Waals surface area contributed by atoms with Gasteiger partial charge in [-0.2, -0.15) is 0 Å². The molecule has 1 amide bonds. The number of amides is 1. The van der Waals surface area contributed by atoms with Crippen LogP contribution in [0.15, 0.2) is 48.5 Å². The van der Waals surface area contributed by atoms with E-state index in [1.807, 2.05) is 42.2 Å². The van der Waals surface area contributed by atoms with Crippen molar-refractivity contribution in [3.05, 3.63) is 65.4 Å². The minimum Gasteiger partial charge on any atom is -0.355 e. The molecule has 0 atom stereocenters. The summed E-state index contributed by atoms with van der Waals surface area (Å²) in [5, 5.41) is 4.37. The maximum atomic E-state index is 12.9. The van der Waals surface area contributed by atoms with Gasteiger partial charge in [0.15, 0.2) is 5.78 Å². The molecule has 2 aromatic carbocycles. The first-order chi connectivity index (χ1) is 13.5. The Hall–Kier alpha value is -3.21. The van der Waals surface area contributed by atoms with Gasteiger partial charge in [0, 0.05) is 29.7 Å². The lowest BCUT2D eigenvalue weighted by molar-refractivity contribution is 0.0787. The number of likely N-dealkylation sites (tertiary alicyclic amines) is 1. The number of benzene rings is 2. The number of aromatic nitrogens is 1. The molecule has 0 saturated carbocycles. The number of pyridine rings is 1. The van der Waals surface area contributed by atoms with Crippen LogP contribution < -0.4 is 5.32 Å². The van der Waals surface area contributed by atoms with E-state index in [4.69, 9.17) is 0 Å². The van der Waals surface area contributed by atoms with E-state index in [1.54, 1.807) is 19.1 Å². The molecule has 3 aromatic rings. The van der Waals surface area contributed by atoms with E-state index in [9.17, 15) is 9.59 Å². The van der Waals surface area contributed by atoms with Crippen molar-refractivity contribution < 1.29 is 9.59 Å². The molecule has 1 aliphatic rings. The molecule has 0 unspecified atom stereocenters. The number of hydrogen-bond donors (Lipinski definition) is 1. The Balaban J connectivity index is 1.75. The Morgan fingerprint density at radius 3 is 2.39 bits per heavy atom. The largest absolute Gasteiger partial charge is 0.355 e. The van der Waals surface area contributed by atoms with Gasteiger partial charge in [0.05, 0.1) is 11.2 Å². The predicted molar refractivity (Wildman–Crippen MR) is 111 cm³/mol. The smallest absolute Gasteiger partial charge is 0.272 e. The second-order valence-corrected chi connectivity index (χ2v) is 7.33. The third-order valence-corrected chi connectivity index (χ3v) is 5.15. The third-order valence-electron chi connectivity index (χ3n) is 5.15. The van der Waals surface area contributed by atoms with Crippen molar-refractivity contribution >= 4 is 34.0 Å². The standard InChI is InChI=1S/C23H23N3O2/c1-15-5-10-20-19(13-15)21(24-18-8-6-17(7-9-18)16(2)27)14-22(25-20)23(28)26-11-3-4-12-26/h5-10,13-14H,3-4,11-12H2,1-2H3,(H,24,25). The van der Waals surface area contributed by atoms with Gasteiger partial charge in [0.25, 0.3) is 5.91 Å². The van der Waals surface area contributed by atoms with Crippen molar-refractivity contribution in [1.29, 1.82) is 0 Å². The van der Waals surface area contributed by atoms with Crippen LogP contribution in [0.25, 0.3) is 10.9 Å². The molecule has 1 fully saturated rings. The summed E-state index contributed by atoms with van der Waals surface area (Å²) in [6, 6.07) is 15.2. The number of nitrogens with zero attached hydrogens (tertiary/aromatic N) is 2. The number of anilines is 2. The van der Waals surface area contributed by atoms with Crippen LogP contribution in [0, 0.1) is 6.92 Å². The van der Waals surface area contributed by atoms with Gasteiger partial charge in [-0.15, -0.1) is 0 Å². The van der Waals surface area contributed by atoms with Gasteiger partial charge >= 0.3 is 0 Å². The van der Waals surface area contributed by atoms with E-state index in [2.05, 4.69) is 16.4 Å². The normalized spacial score (nSPS) is 13.7. The highest BCUT2D eigenvalue weighted by Gasteiger charge is 2.22. The van der Waals surface area contributed by atoms with Crippen molar-refractivity contribution in [2.75, 3.05) is 18.4 Å². The van der Waals surface area contributed by atoms with Gasteiger partial charge in [-0.1, -0.05) is 11.6 Å². The number of nitrogens with one attached hydrogen (secondary N) is 1. The van der Waals surface area contributed by atoms with Crippen molar-refractivity contribution in [2.45, 2.75) is 26.7 Å². The lowest BCUT2D eigenvalue weighted by atomic mass is 10.1. The van der Waals surface area contributed by atoms with Gasteiger partial charge in [-0.05, 0) is 69.2 Å². The zero-order valence-corrected chi connectivity index (χ0v) is 16.2. The molecule has 5 heteroatoms. The average molecular weight is 373 g/mol. The predicted octanol–water partition coefficient (Wildman–Crippen LogP) is 4.73. The molecule has 4 rings (SSSR count). The van der Waals surface area contributed by atoms with Gasteiger partial charge in [0.2, 0.25) is 0 Å². The fraction of sp³-hybridized carbons (Fsp3) is 0.261. The maximum Gasteiger partial charge on any atom is 0.272 e. The van der Waals surface area contributed by atoms with E-state index in [0.29, 0.717) is 11.3 Å². The summed E-state index contributed by atoms with van der Waals surface area (Å²) in [6.45, 7) is 5.18. The number of Topliss-reactive ketones (excluding diaryl/α,β-unsaturated/α-hetero) is 1. The molecule has 1 saturated heterocycles. The number of fused-ring (bicyclic) bond motifs is 1. The van der Waals surface area contributed by atoms with E-state index in [1.165, 1.54) is 0 Å². The van der Waals surface area contributed by atoms with Crippen molar-refractivity contribution in [3.8, 4) is 0 Å². The molecule has 1 aromatic heterocycles. The summed E-state index contributed by atoms with van der Waals surface area (Å²) < 4.78 is 0. The summed E-state index contributed by atoms with van der Waals surface area (Å²) in [5.74, 6) is 0.0185. The van der Waals surface area contributed by atoms with Gasteiger partial charge in [-0.3, -0.25) is 9.59 Å². The summed E-state index contributed by atoms with van der Waals surface area (Å²) >= 11 is 0. The second-order valence-electron chi connectivity index (χ2n) is 7.33. The molecule has 0 radical (unpaired) electrons. The first-order valence-electron chi connectivity index (χ1n) is 9.60. The maximum absolute atomic E-state index is 12.9. The second kappa shape index (κ2) is 7.43. The number of aryl methyl sites for hydroxylation is 1. The van der Waals surface area contributed by atoms with E-state index >= 15 is 0 Å². The molecule has 1 aliphatic heterocycles. The molecule has 1 N–H and O–H groups in total. The van der Waals surface area contributed by atoms with Gasteiger partial charge in [0.1, 0.15) is 5.69 Å². The number of ketones is 1. The van der Waals surface area contributed by atoms with Gasteiger partial charge < -0.3 is 10.2 Å². The average Bonchev–Trinajstić information content (AvgIpc) is 3.23. The molecule has 0 aliphatic carbocycles. The molecule has 28 heavy (non-hydrogen) atoms. The van der Waals surface area contributed by atoms with Crippen LogP contribution >= 0.6 is 0 Å². The Bertz CT molecular complexity index is 1050. The Kier molecular flexibility index (Phi) is 4.82. The minimum atomic E-state index is -0.0186. The zero-order chi connectivity index (χ0) is 19.7. The van der Waals surface area contributed by atoms with E-state index in [0.717, 1.165) is 53.8 Å². The SMILES string of the molecule is CC(=O)c1ccc(Nc2cc(C(=O)N3CCCC3)nc3ccc(C)cc23)cc1. The number of carbonyl (C=O) groups is 2. The summed E-state index contributed by atoms with van der Waals surface area (Å²) in [7, 11) is 0.